The number of ketones is 1. The molecular formula is C23H31N3O3S. The highest BCUT2D eigenvalue weighted by molar-refractivity contribution is 7.13. The molecule has 3 rings (SSSR count). The van der Waals surface area contributed by atoms with Crippen LogP contribution < -0.4 is 11.1 Å². The van der Waals surface area contributed by atoms with E-state index < -0.39 is 24.0 Å². The van der Waals surface area contributed by atoms with Crippen molar-refractivity contribution in [2.45, 2.75) is 59.2 Å². The Hall–Kier alpha value is -2.09. The van der Waals surface area contributed by atoms with Crippen LogP contribution in [0, 0.1) is 24.2 Å². The lowest BCUT2D eigenvalue weighted by atomic mass is 9.78. The zero-order valence-electron chi connectivity index (χ0n) is 18.0. The maximum Gasteiger partial charge on any atom is 0.224 e. The molecule has 2 aromatic rings. The third kappa shape index (κ3) is 4.96. The minimum absolute atomic E-state index is 0.136. The van der Waals surface area contributed by atoms with Crippen molar-refractivity contribution >= 4 is 23.0 Å². The average molecular weight is 430 g/mol. The van der Waals surface area contributed by atoms with Crippen molar-refractivity contribution in [3.05, 3.63) is 41.0 Å². The molecule has 7 heteroatoms. The van der Waals surface area contributed by atoms with Gasteiger partial charge < -0.3 is 16.2 Å². The van der Waals surface area contributed by atoms with Gasteiger partial charge in [-0.1, -0.05) is 45.0 Å². The van der Waals surface area contributed by atoms with Crippen molar-refractivity contribution in [3.63, 3.8) is 0 Å². The van der Waals surface area contributed by atoms with Crippen LogP contribution in [0.15, 0.2) is 29.8 Å². The maximum atomic E-state index is 12.9. The van der Waals surface area contributed by atoms with Gasteiger partial charge in [0.25, 0.3) is 0 Å². The number of nitrogens with zero attached hydrogens (tertiary/aromatic N) is 1. The summed E-state index contributed by atoms with van der Waals surface area (Å²) in [4.78, 5) is 31.1. The van der Waals surface area contributed by atoms with E-state index in [-0.39, 0.29) is 17.1 Å². The molecule has 0 aliphatic heterocycles. The molecule has 0 bridgehead atoms. The number of benzene rings is 1. The third-order valence-corrected chi connectivity index (χ3v) is 6.89. The van der Waals surface area contributed by atoms with E-state index in [0.29, 0.717) is 19.4 Å². The minimum Gasteiger partial charge on any atom is -0.393 e. The Morgan fingerprint density at radius 3 is 2.43 bits per heavy atom. The molecule has 1 aromatic heterocycles. The number of aryl methyl sites for hydroxylation is 1. The highest BCUT2D eigenvalue weighted by Crippen LogP contribution is 2.36. The van der Waals surface area contributed by atoms with Crippen LogP contribution in [0.4, 0.5) is 0 Å². The van der Waals surface area contributed by atoms with Crippen LogP contribution in [0.2, 0.25) is 0 Å². The van der Waals surface area contributed by atoms with E-state index in [2.05, 4.69) is 10.3 Å². The van der Waals surface area contributed by atoms with Gasteiger partial charge in [0.2, 0.25) is 5.91 Å². The van der Waals surface area contributed by atoms with E-state index in [0.717, 1.165) is 21.7 Å². The molecule has 1 saturated carbocycles. The SMILES string of the molecule is Cc1ncsc1-c1ccc(CNC(=O)[C@@H]2C[C@@H](O)CC2C(=O)[C@@H](N)C(C)(C)C)cc1. The number of Topliss-reactive ketones (excluding diaryl/α,β-unsaturated/α-hetero) is 1. The molecule has 0 radical (unpaired) electrons. The fraction of sp³-hybridized carbons (Fsp3) is 0.522. The number of aliphatic hydroxyl groups is 1. The Labute approximate surface area is 181 Å². The first-order valence-corrected chi connectivity index (χ1v) is 11.2. The van der Waals surface area contributed by atoms with Gasteiger partial charge in [-0.3, -0.25) is 9.59 Å². The molecule has 1 unspecified atom stereocenters. The Morgan fingerprint density at radius 2 is 1.87 bits per heavy atom. The molecule has 4 N–H and O–H groups in total. The maximum absolute atomic E-state index is 12.9. The number of amides is 1. The average Bonchev–Trinajstić information content (AvgIpc) is 3.30. The summed E-state index contributed by atoms with van der Waals surface area (Å²) >= 11 is 1.60. The first-order valence-electron chi connectivity index (χ1n) is 10.3. The molecule has 162 valence electrons. The van der Waals surface area contributed by atoms with Crippen molar-refractivity contribution in [1.29, 1.82) is 0 Å². The summed E-state index contributed by atoms with van der Waals surface area (Å²) < 4.78 is 0. The van der Waals surface area contributed by atoms with Crippen LogP contribution in [-0.2, 0) is 16.1 Å². The summed E-state index contributed by atoms with van der Waals surface area (Å²) in [5.74, 6) is -1.41. The third-order valence-electron chi connectivity index (χ3n) is 5.91. The molecule has 4 atom stereocenters. The van der Waals surface area contributed by atoms with E-state index in [1.807, 2.05) is 57.5 Å². The zero-order chi connectivity index (χ0) is 22.1. The Bertz CT molecular complexity index is 901. The second kappa shape index (κ2) is 8.96. The van der Waals surface area contributed by atoms with E-state index in [1.165, 1.54) is 0 Å². The summed E-state index contributed by atoms with van der Waals surface area (Å²) in [6.07, 6.45) is -0.0597. The van der Waals surface area contributed by atoms with Crippen LogP contribution in [0.5, 0.6) is 0 Å². The van der Waals surface area contributed by atoms with Gasteiger partial charge in [0, 0.05) is 12.5 Å². The van der Waals surface area contributed by atoms with Gasteiger partial charge >= 0.3 is 0 Å². The number of aromatic nitrogens is 1. The molecule has 30 heavy (non-hydrogen) atoms. The number of rotatable bonds is 6. The number of hydrogen-bond donors (Lipinski definition) is 3. The monoisotopic (exact) mass is 429 g/mol. The molecule has 1 aliphatic carbocycles. The predicted molar refractivity (Wildman–Crippen MR) is 119 cm³/mol. The Kier molecular flexibility index (Phi) is 6.75. The number of hydrogen-bond acceptors (Lipinski definition) is 6. The number of nitrogens with two attached hydrogens (primary N) is 1. The van der Waals surface area contributed by atoms with E-state index >= 15 is 0 Å². The van der Waals surface area contributed by atoms with Gasteiger partial charge in [-0.2, -0.15) is 0 Å². The van der Waals surface area contributed by atoms with E-state index in [1.54, 1.807) is 11.3 Å². The lowest BCUT2D eigenvalue weighted by Gasteiger charge is -2.29. The van der Waals surface area contributed by atoms with E-state index in [9.17, 15) is 14.7 Å². The number of carbonyl (C=O) groups is 2. The molecule has 1 amide bonds. The van der Waals surface area contributed by atoms with Crippen LogP contribution in [0.1, 0.15) is 44.9 Å². The molecule has 0 spiro atoms. The van der Waals surface area contributed by atoms with Crippen LogP contribution in [-0.4, -0.2) is 33.9 Å². The lowest BCUT2D eigenvalue weighted by molar-refractivity contribution is -0.134. The topological polar surface area (TPSA) is 105 Å². The van der Waals surface area contributed by atoms with E-state index in [4.69, 9.17) is 5.73 Å². The Morgan fingerprint density at radius 1 is 1.23 bits per heavy atom. The number of thiazole rings is 1. The first-order chi connectivity index (χ1) is 14.1. The van der Waals surface area contributed by atoms with Crippen molar-refractivity contribution < 1.29 is 14.7 Å². The summed E-state index contributed by atoms with van der Waals surface area (Å²) in [6, 6.07) is 7.35. The van der Waals surface area contributed by atoms with Crippen molar-refractivity contribution in [1.82, 2.24) is 10.3 Å². The highest BCUT2D eigenvalue weighted by atomic mass is 32.1. The summed E-state index contributed by atoms with van der Waals surface area (Å²) in [6.45, 7) is 8.09. The van der Waals surface area contributed by atoms with Crippen LogP contribution in [0.3, 0.4) is 0 Å². The fourth-order valence-electron chi connectivity index (χ4n) is 3.95. The molecule has 1 aromatic carbocycles. The second-order valence-electron chi connectivity index (χ2n) is 9.27. The summed E-state index contributed by atoms with van der Waals surface area (Å²) in [5, 5.41) is 13.0. The zero-order valence-corrected chi connectivity index (χ0v) is 18.8. The standard InChI is InChI=1S/C23H31N3O3S/c1-13-20(30-12-26-13)15-7-5-14(6-8-15)11-25-22(29)18-10-16(27)9-17(18)19(28)21(24)23(2,3)4/h5-8,12,16-18,21,27H,9-11,24H2,1-4H3,(H,25,29)/t16-,17?,18+,21+/m0/s1. The fourth-order valence-corrected chi connectivity index (χ4v) is 4.76. The van der Waals surface area contributed by atoms with Gasteiger partial charge in [0.15, 0.2) is 5.78 Å². The number of nitrogens with one attached hydrogen (secondary N) is 1. The van der Waals surface area contributed by atoms with Gasteiger partial charge in [-0.15, -0.1) is 11.3 Å². The van der Waals surface area contributed by atoms with Gasteiger partial charge in [-0.25, -0.2) is 4.98 Å². The minimum atomic E-state index is -0.661. The summed E-state index contributed by atoms with van der Waals surface area (Å²) in [7, 11) is 0. The van der Waals surface area contributed by atoms with Crippen LogP contribution >= 0.6 is 11.3 Å². The quantitative estimate of drug-likeness (QED) is 0.654. The molecule has 6 nitrogen and oxygen atoms in total. The normalized spacial score (nSPS) is 22.7. The molecule has 0 saturated heterocycles. The van der Waals surface area contributed by atoms with Crippen LogP contribution in [0.25, 0.3) is 10.4 Å². The molecule has 1 fully saturated rings. The highest BCUT2D eigenvalue weighted by Gasteiger charge is 2.45. The van der Waals surface area contributed by atoms with Crippen molar-refractivity contribution in [3.8, 4) is 10.4 Å². The second-order valence-corrected chi connectivity index (χ2v) is 10.1. The number of carbonyl (C=O) groups excluding carboxylic acids is 2. The lowest BCUT2D eigenvalue weighted by Crippen LogP contribution is -2.47. The van der Waals surface area contributed by atoms with Crippen molar-refractivity contribution in [2.24, 2.45) is 23.0 Å². The first kappa shape index (κ1) is 22.6. The molecule has 1 heterocycles. The number of aliphatic hydroxyl groups excluding tert-OH is 1. The van der Waals surface area contributed by atoms with Gasteiger partial charge in [0.05, 0.1) is 34.1 Å². The van der Waals surface area contributed by atoms with Gasteiger partial charge in [0.1, 0.15) is 0 Å². The Balaban J connectivity index is 1.63. The summed E-state index contributed by atoms with van der Waals surface area (Å²) in [5.41, 5.74) is 10.7. The predicted octanol–water partition coefficient (Wildman–Crippen LogP) is 3.06. The molecular weight excluding hydrogens is 398 g/mol. The largest absolute Gasteiger partial charge is 0.393 e. The molecule has 1 aliphatic rings. The van der Waals surface area contributed by atoms with Crippen molar-refractivity contribution in [2.75, 3.05) is 0 Å². The smallest absolute Gasteiger partial charge is 0.224 e. The van der Waals surface area contributed by atoms with Gasteiger partial charge in [-0.05, 0) is 36.3 Å².